The summed E-state index contributed by atoms with van der Waals surface area (Å²) in [7, 11) is 0. The van der Waals surface area contributed by atoms with Crippen molar-refractivity contribution in [3.8, 4) is 11.6 Å². The Morgan fingerprint density at radius 1 is 1.04 bits per heavy atom. The molecule has 2 aromatic rings. The van der Waals surface area contributed by atoms with Gasteiger partial charge >= 0.3 is 0 Å². The van der Waals surface area contributed by atoms with E-state index in [0.717, 1.165) is 44.5 Å². The third kappa shape index (κ3) is 3.61. The first kappa shape index (κ1) is 17.1. The molecule has 0 bridgehead atoms. The minimum Gasteiger partial charge on any atom is -0.419 e. The number of carbonyl (C=O) groups excluding carboxylic acids is 1. The molecule has 0 radical (unpaired) electrons. The van der Waals surface area contributed by atoms with Crippen molar-refractivity contribution in [3.63, 3.8) is 0 Å². The lowest BCUT2D eigenvalue weighted by Gasteiger charge is -2.34. The monoisotopic (exact) mass is 355 g/mol. The van der Waals surface area contributed by atoms with Gasteiger partial charge in [0.05, 0.1) is 11.9 Å². The standard InChI is InChI=1S/C19H25N5O2/c1-13-11-21-16(12-20-13)18-23-22-17(26-18)14-7-9-24(10-8-14)19(25)15-5-3-2-4-6-15/h11-12,14-15H,2-10H2,1H3. The highest BCUT2D eigenvalue weighted by atomic mass is 16.4. The molecule has 26 heavy (non-hydrogen) atoms. The van der Waals surface area contributed by atoms with Crippen LogP contribution in [0.4, 0.5) is 0 Å². The van der Waals surface area contributed by atoms with E-state index in [0.29, 0.717) is 23.4 Å². The summed E-state index contributed by atoms with van der Waals surface area (Å²) >= 11 is 0. The van der Waals surface area contributed by atoms with Crippen LogP contribution in [0.1, 0.15) is 62.4 Å². The van der Waals surface area contributed by atoms with Gasteiger partial charge in [0.25, 0.3) is 5.89 Å². The zero-order valence-corrected chi connectivity index (χ0v) is 15.2. The second kappa shape index (κ2) is 7.51. The third-order valence-electron chi connectivity index (χ3n) is 5.55. The Labute approximate surface area is 153 Å². The lowest BCUT2D eigenvalue weighted by Crippen LogP contribution is -2.41. The number of nitrogens with zero attached hydrogens (tertiary/aromatic N) is 5. The van der Waals surface area contributed by atoms with E-state index in [1.165, 1.54) is 19.3 Å². The van der Waals surface area contributed by atoms with E-state index in [4.69, 9.17) is 4.42 Å². The molecule has 4 rings (SSSR count). The fourth-order valence-corrected chi connectivity index (χ4v) is 3.96. The molecule has 138 valence electrons. The number of hydrogen-bond donors (Lipinski definition) is 0. The van der Waals surface area contributed by atoms with Crippen molar-refractivity contribution in [2.24, 2.45) is 5.92 Å². The maximum atomic E-state index is 12.7. The van der Waals surface area contributed by atoms with Crippen LogP contribution in [0, 0.1) is 12.8 Å². The zero-order chi connectivity index (χ0) is 17.9. The summed E-state index contributed by atoms with van der Waals surface area (Å²) in [5.74, 6) is 1.87. The van der Waals surface area contributed by atoms with Crippen molar-refractivity contribution in [2.75, 3.05) is 13.1 Å². The van der Waals surface area contributed by atoms with Crippen LogP contribution in [-0.2, 0) is 4.79 Å². The van der Waals surface area contributed by atoms with Crippen molar-refractivity contribution in [3.05, 3.63) is 24.0 Å². The molecule has 0 aromatic carbocycles. The normalized spacial score (nSPS) is 19.7. The van der Waals surface area contributed by atoms with Crippen LogP contribution in [0.25, 0.3) is 11.6 Å². The summed E-state index contributed by atoms with van der Waals surface area (Å²) in [5.41, 5.74) is 1.45. The van der Waals surface area contributed by atoms with E-state index >= 15 is 0 Å². The minimum atomic E-state index is 0.213. The van der Waals surface area contributed by atoms with Gasteiger partial charge in [-0.2, -0.15) is 0 Å². The molecule has 0 unspecified atom stereocenters. The summed E-state index contributed by atoms with van der Waals surface area (Å²) in [6.45, 7) is 3.45. The predicted octanol–water partition coefficient (Wildman–Crippen LogP) is 3.12. The summed E-state index contributed by atoms with van der Waals surface area (Å²) in [4.78, 5) is 23.2. The third-order valence-corrected chi connectivity index (χ3v) is 5.55. The number of aryl methyl sites for hydroxylation is 1. The van der Waals surface area contributed by atoms with Crippen LogP contribution in [-0.4, -0.2) is 44.1 Å². The molecule has 1 saturated carbocycles. The van der Waals surface area contributed by atoms with Crippen LogP contribution in [0.15, 0.2) is 16.8 Å². The fourth-order valence-electron chi connectivity index (χ4n) is 3.96. The number of likely N-dealkylation sites (tertiary alicyclic amines) is 1. The smallest absolute Gasteiger partial charge is 0.267 e. The van der Waals surface area contributed by atoms with Gasteiger partial charge in [-0.15, -0.1) is 10.2 Å². The van der Waals surface area contributed by atoms with Crippen LogP contribution in [0.3, 0.4) is 0 Å². The van der Waals surface area contributed by atoms with E-state index in [1.54, 1.807) is 12.4 Å². The second-order valence-electron chi connectivity index (χ2n) is 7.42. The Morgan fingerprint density at radius 3 is 2.50 bits per heavy atom. The molecule has 0 N–H and O–H groups in total. The maximum Gasteiger partial charge on any atom is 0.267 e. The average molecular weight is 355 g/mol. The lowest BCUT2D eigenvalue weighted by molar-refractivity contribution is -0.137. The summed E-state index contributed by atoms with van der Waals surface area (Å²) in [5, 5.41) is 8.33. The van der Waals surface area contributed by atoms with Crippen LogP contribution >= 0.6 is 0 Å². The molecule has 1 aliphatic carbocycles. The molecule has 0 atom stereocenters. The van der Waals surface area contributed by atoms with E-state index in [1.807, 2.05) is 11.8 Å². The quantitative estimate of drug-likeness (QED) is 0.841. The van der Waals surface area contributed by atoms with Crippen molar-refractivity contribution in [1.82, 2.24) is 25.1 Å². The number of piperidine rings is 1. The number of carbonyl (C=O) groups is 1. The van der Waals surface area contributed by atoms with Crippen molar-refractivity contribution in [2.45, 2.75) is 57.8 Å². The fraction of sp³-hybridized carbons (Fsp3) is 0.632. The first-order valence-electron chi connectivity index (χ1n) is 9.62. The Hall–Kier alpha value is -2.31. The van der Waals surface area contributed by atoms with Gasteiger partial charge in [0.2, 0.25) is 11.8 Å². The zero-order valence-electron chi connectivity index (χ0n) is 15.2. The van der Waals surface area contributed by atoms with Crippen LogP contribution < -0.4 is 0 Å². The molecule has 2 fully saturated rings. The first-order valence-corrected chi connectivity index (χ1v) is 9.62. The summed E-state index contributed by atoms with van der Waals surface area (Å²) < 4.78 is 5.83. The predicted molar refractivity (Wildman–Crippen MR) is 95.2 cm³/mol. The largest absolute Gasteiger partial charge is 0.419 e. The molecular weight excluding hydrogens is 330 g/mol. The van der Waals surface area contributed by atoms with Gasteiger partial charge in [-0.3, -0.25) is 9.78 Å². The highest BCUT2D eigenvalue weighted by Crippen LogP contribution is 2.31. The van der Waals surface area contributed by atoms with E-state index < -0.39 is 0 Å². The molecule has 2 aromatic heterocycles. The Balaban J connectivity index is 1.36. The molecule has 7 heteroatoms. The highest BCUT2D eigenvalue weighted by molar-refractivity contribution is 5.79. The van der Waals surface area contributed by atoms with Crippen LogP contribution in [0.2, 0.25) is 0 Å². The number of rotatable bonds is 3. The summed E-state index contributed by atoms with van der Waals surface area (Å²) in [6.07, 6.45) is 10.9. The van der Waals surface area contributed by atoms with E-state index in [9.17, 15) is 4.79 Å². The molecule has 7 nitrogen and oxygen atoms in total. The van der Waals surface area contributed by atoms with Crippen molar-refractivity contribution < 1.29 is 9.21 Å². The molecule has 3 heterocycles. The molecule has 1 aliphatic heterocycles. The molecular formula is C19H25N5O2. The number of hydrogen-bond acceptors (Lipinski definition) is 6. The van der Waals surface area contributed by atoms with Gasteiger partial charge < -0.3 is 9.32 Å². The molecule has 1 amide bonds. The van der Waals surface area contributed by atoms with Crippen molar-refractivity contribution in [1.29, 1.82) is 0 Å². The topological polar surface area (TPSA) is 85.0 Å². The molecule has 2 aliphatic rings. The first-order chi connectivity index (χ1) is 12.7. The van der Waals surface area contributed by atoms with E-state index in [2.05, 4.69) is 20.2 Å². The van der Waals surface area contributed by atoms with Gasteiger partial charge in [-0.25, -0.2) is 4.98 Å². The Morgan fingerprint density at radius 2 is 1.81 bits per heavy atom. The molecule has 1 saturated heterocycles. The highest BCUT2D eigenvalue weighted by Gasteiger charge is 2.31. The lowest BCUT2D eigenvalue weighted by atomic mass is 9.87. The Bertz CT molecular complexity index is 744. The second-order valence-corrected chi connectivity index (χ2v) is 7.42. The minimum absolute atomic E-state index is 0.213. The maximum absolute atomic E-state index is 12.7. The van der Waals surface area contributed by atoms with Gasteiger partial charge in [-0.1, -0.05) is 19.3 Å². The van der Waals surface area contributed by atoms with Gasteiger partial charge in [-0.05, 0) is 32.6 Å². The van der Waals surface area contributed by atoms with Gasteiger partial charge in [0.15, 0.2) is 0 Å². The van der Waals surface area contributed by atoms with Crippen LogP contribution in [0.5, 0.6) is 0 Å². The molecule has 0 spiro atoms. The number of amides is 1. The number of aromatic nitrogens is 4. The van der Waals surface area contributed by atoms with Crippen molar-refractivity contribution >= 4 is 5.91 Å². The summed E-state index contributed by atoms with van der Waals surface area (Å²) in [6, 6.07) is 0. The average Bonchev–Trinajstić information content (AvgIpc) is 3.19. The SMILES string of the molecule is Cc1cnc(-c2nnc(C3CCN(C(=O)C4CCCCC4)CC3)o2)cn1. The van der Waals surface area contributed by atoms with E-state index in [-0.39, 0.29) is 11.8 Å². The van der Waals surface area contributed by atoms with Gasteiger partial charge in [0.1, 0.15) is 5.69 Å². The van der Waals surface area contributed by atoms with Gasteiger partial charge in [0, 0.05) is 31.1 Å². The Kier molecular flexibility index (Phi) is 4.95.